The minimum Gasteiger partial charge on any atom is -0.456 e. The number of esters is 1. The summed E-state index contributed by atoms with van der Waals surface area (Å²) < 4.78 is 14.0. The van der Waals surface area contributed by atoms with Gasteiger partial charge in [-0.25, -0.2) is 14.6 Å². The summed E-state index contributed by atoms with van der Waals surface area (Å²) in [4.78, 5) is 31.1. The second kappa shape index (κ2) is 14.7. The molecule has 0 aliphatic heterocycles. The zero-order valence-corrected chi connectivity index (χ0v) is 29.1. The lowest BCUT2D eigenvalue weighted by molar-refractivity contribution is 0.00692. The van der Waals surface area contributed by atoms with E-state index in [2.05, 4.69) is 61.8 Å². The van der Waals surface area contributed by atoms with Crippen molar-refractivity contribution in [2.75, 3.05) is 5.32 Å². The van der Waals surface area contributed by atoms with Gasteiger partial charge in [-0.05, 0) is 98.7 Å². The number of hydrogen-bond donors (Lipinski definition) is 1. The Kier molecular flexibility index (Phi) is 10.7. The molecule has 0 saturated heterocycles. The Bertz CT molecular complexity index is 1680. The van der Waals surface area contributed by atoms with Crippen LogP contribution in [0.1, 0.15) is 102 Å². The summed E-state index contributed by atoms with van der Waals surface area (Å²) in [6.07, 6.45) is 5.72. The highest BCUT2D eigenvalue weighted by molar-refractivity contribution is 5.97. The Hall–Kier alpha value is -4.13. The highest BCUT2D eigenvalue weighted by Gasteiger charge is 2.33. The Morgan fingerprint density at radius 3 is 2.47 bits per heavy atom. The van der Waals surface area contributed by atoms with E-state index in [-0.39, 0.29) is 12.1 Å². The minimum absolute atomic E-state index is 0.0623. The number of unbranched alkanes of at least 4 members (excludes halogenated alkanes) is 1. The second-order valence-electron chi connectivity index (χ2n) is 14.6. The molecule has 3 aromatic carbocycles. The second-order valence-corrected chi connectivity index (χ2v) is 14.6. The highest BCUT2D eigenvalue weighted by atomic mass is 16.6. The predicted molar refractivity (Wildman–Crippen MR) is 190 cm³/mol. The van der Waals surface area contributed by atoms with Crippen molar-refractivity contribution in [3.05, 3.63) is 83.7 Å². The van der Waals surface area contributed by atoms with Gasteiger partial charge >= 0.3 is 12.1 Å². The van der Waals surface area contributed by atoms with Gasteiger partial charge < -0.3 is 14.0 Å². The van der Waals surface area contributed by atoms with Crippen molar-refractivity contribution in [3.63, 3.8) is 0 Å². The van der Waals surface area contributed by atoms with Gasteiger partial charge in [-0.3, -0.25) is 5.32 Å². The van der Waals surface area contributed by atoms with Gasteiger partial charge in [-0.2, -0.15) is 0 Å². The van der Waals surface area contributed by atoms with E-state index in [1.165, 1.54) is 6.42 Å². The molecule has 3 atom stereocenters. The number of anilines is 1. The quantitative estimate of drug-likeness (QED) is 0.175. The molecule has 1 heterocycles. The van der Waals surface area contributed by atoms with Crippen LogP contribution in [0, 0.1) is 17.8 Å². The summed E-state index contributed by atoms with van der Waals surface area (Å²) in [5, 5.41) is 3.01. The van der Waals surface area contributed by atoms with E-state index in [1.807, 2.05) is 63.2 Å². The smallest absolute Gasteiger partial charge is 0.411 e. The largest absolute Gasteiger partial charge is 0.456 e. The molecular weight excluding hydrogens is 586 g/mol. The van der Waals surface area contributed by atoms with Gasteiger partial charge in [0.2, 0.25) is 0 Å². The van der Waals surface area contributed by atoms with Gasteiger partial charge in [-0.1, -0.05) is 83.0 Å². The van der Waals surface area contributed by atoms with Crippen LogP contribution in [-0.2, 0) is 22.4 Å². The molecule has 0 spiro atoms. The van der Waals surface area contributed by atoms with Gasteiger partial charge in [0.15, 0.2) is 0 Å². The SMILES string of the molecule is CCCCc1nc2ccc(NC(=O)OC3CC(C)CCC3C(C)C)cc2n1Cc1ccc(-c2ccccc2C(=O)OC(C)(C)C)cc1. The van der Waals surface area contributed by atoms with Crippen molar-refractivity contribution in [1.29, 1.82) is 0 Å². The molecule has 1 aliphatic rings. The van der Waals surface area contributed by atoms with Crippen LogP contribution < -0.4 is 5.32 Å². The van der Waals surface area contributed by atoms with Crippen molar-refractivity contribution < 1.29 is 19.1 Å². The number of aryl methyl sites for hydroxylation is 1. The molecule has 1 fully saturated rings. The average molecular weight is 638 g/mol. The Morgan fingerprint density at radius 1 is 1.02 bits per heavy atom. The number of carbonyl (C=O) groups is 2. The molecule has 1 aliphatic carbocycles. The van der Waals surface area contributed by atoms with Crippen molar-refractivity contribution in [2.45, 2.75) is 105 Å². The fourth-order valence-corrected chi connectivity index (χ4v) is 6.71. The van der Waals surface area contributed by atoms with Gasteiger partial charge in [0.1, 0.15) is 17.5 Å². The zero-order valence-electron chi connectivity index (χ0n) is 29.1. The molecule has 47 heavy (non-hydrogen) atoms. The van der Waals surface area contributed by atoms with Crippen LogP contribution in [0.25, 0.3) is 22.2 Å². The van der Waals surface area contributed by atoms with Crippen molar-refractivity contribution >= 4 is 28.8 Å². The standard InChI is InChI=1S/C40H51N3O4/c1-8-9-14-37-42-34-22-20-30(41-39(45)46-36-23-27(4)15-21-31(36)26(2)3)24-35(34)43(37)25-28-16-18-29(19-17-28)32-12-10-11-13-33(32)38(44)47-40(5,6)7/h10-13,16-20,22,24,26-27,31,36H,8-9,14-15,21,23,25H2,1-7H3,(H,41,45). The number of fused-ring (bicyclic) bond motifs is 1. The van der Waals surface area contributed by atoms with Crippen LogP contribution >= 0.6 is 0 Å². The molecule has 0 radical (unpaired) electrons. The molecule has 1 N–H and O–H groups in total. The topological polar surface area (TPSA) is 82.5 Å². The molecule has 7 nitrogen and oxygen atoms in total. The molecule has 7 heteroatoms. The van der Waals surface area contributed by atoms with Crippen molar-refractivity contribution in [2.24, 2.45) is 17.8 Å². The van der Waals surface area contributed by atoms with Gasteiger partial charge in [0.05, 0.1) is 16.6 Å². The number of nitrogens with one attached hydrogen (secondary N) is 1. The molecule has 5 rings (SSSR count). The van der Waals surface area contributed by atoms with E-state index in [1.54, 1.807) is 0 Å². The number of nitrogens with zero attached hydrogens (tertiary/aromatic N) is 2. The third-order valence-electron chi connectivity index (χ3n) is 9.20. The fourth-order valence-electron chi connectivity index (χ4n) is 6.71. The maximum Gasteiger partial charge on any atom is 0.411 e. The van der Waals surface area contributed by atoms with E-state index in [9.17, 15) is 9.59 Å². The van der Waals surface area contributed by atoms with E-state index in [0.717, 1.165) is 65.7 Å². The van der Waals surface area contributed by atoms with Crippen LogP contribution in [0.15, 0.2) is 66.7 Å². The zero-order chi connectivity index (χ0) is 33.7. The number of ether oxygens (including phenoxy) is 2. The number of carbonyl (C=O) groups excluding carboxylic acids is 2. The number of benzene rings is 3. The first kappa shape index (κ1) is 34.2. The van der Waals surface area contributed by atoms with Crippen molar-refractivity contribution in [3.8, 4) is 11.1 Å². The number of rotatable bonds is 10. The highest BCUT2D eigenvalue weighted by Crippen LogP contribution is 2.36. The van der Waals surface area contributed by atoms with Crippen LogP contribution in [0.4, 0.5) is 10.5 Å². The minimum atomic E-state index is -0.572. The maximum atomic E-state index is 13.1. The fraction of sp³-hybridized carbons (Fsp3) is 0.475. The lowest BCUT2D eigenvalue weighted by Gasteiger charge is -2.36. The summed E-state index contributed by atoms with van der Waals surface area (Å²) in [5.74, 6) is 2.12. The maximum absolute atomic E-state index is 13.1. The number of imidazole rings is 1. The van der Waals surface area contributed by atoms with Gasteiger partial charge in [-0.15, -0.1) is 0 Å². The third-order valence-corrected chi connectivity index (χ3v) is 9.20. The Balaban J connectivity index is 1.37. The molecule has 250 valence electrons. The Labute approximate surface area is 280 Å². The lowest BCUT2D eigenvalue weighted by atomic mass is 9.75. The van der Waals surface area contributed by atoms with Crippen molar-refractivity contribution in [1.82, 2.24) is 9.55 Å². The molecule has 4 aromatic rings. The first-order valence-electron chi connectivity index (χ1n) is 17.3. The van der Waals surface area contributed by atoms with Crippen LogP contribution in [-0.4, -0.2) is 33.3 Å². The van der Waals surface area contributed by atoms with E-state index >= 15 is 0 Å². The molecule has 1 aromatic heterocycles. The number of amides is 1. The molecular formula is C40H51N3O4. The molecule has 3 unspecified atom stereocenters. The van der Waals surface area contributed by atoms with E-state index < -0.39 is 11.7 Å². The molecule has 1 saturated carbocycles. The predicted octanol–water partition coefficient (Wildman–Crippen LogP) is 10.1. The van der Waals surface area contributed by atoms with Crippen LogP contribution in [0.5, 0.6) is 0 Å². The number of hydrogen-bond acceptors (Lipinski definition) is 5. The molecule has 0 bridgehead atoms. The number of aromatic nitrogens is 2. The monoisotopic (exact) mass is 637 g/mol. The first-order chi connectivity index (χ1) is 22.4. The average Bonchev–Trinajstić information content (AvgIpc) is 3.35. The van der Waals surface area contributed by atoms with E-state index in [4.69, 9.17) is 14.5 Å². The third kappa shape index (κ3) is 8.62. The van der Waals surface area contributed by atoms with Crippen LogP contribution in [0.3, 0.4) is 0 Å². The van der Waals surface area contributed by atoms with Gasteiger partial charge in [0, 0.05) is 18.7 Å². The normalized spacial score (nSPS) is 18.3. The summed E-state index contributed by atoms with van der Waals surface area (Å²) in [6, 6.07) is 21.8. The summed E-state index contributed by atoms with van der Waals surface area (Å²) >= 11 is 0. The van der Waals surface area contributed by atoms with E-state index in [0.29, 0.717) is 35.5 Å². The lowest BCUT2D eigenvalue weighted by Crippen LogP contribution is -2.36. The van der Waals surface area contributed by atoms with Gasteiger partial charge in [0.25, 0.3) is 0 Å². The Morgan fingerprint density at radius 2 is 1.77 bits per heavy atom. The van der Waals surface area contributed by atoms with Crippen LogP contribution in [0.2, 0.25) is 0 Å². The first-order valence-corrected chi connectivity index (χ1v) is 17.3. The summed E-state index contributed by atoms with van der Waals surface area (Å²) in [5.41, 5.74) is 5.46. The summed E-state index contributed by atoms with van der Waals surface area (Å²) in [7, 11) is 0. The summed E-state index contributed by atoms with van der Waals surface area (Å²) in [6.45, 7) is 15.1. The molecule has 1 amide bonds.